The first-order valence-corrected chi connectivity index (χ1v) is 8.77. The van der Waals surface area contributed by atoms with Crippen molar-refractivity contribution < 1.29 is 9.53 Å². The standard InChI is InChI=1S/C19H26N4O2/c1-12-8-13(2)10-16(9-12)23-18(11-14(3)22-23)21-19(24)20-15(4)17-6-5-7-25-17/h8-11,15,17H,5-7H2,1-4H3,(H2,20,21,24)/t15-,17+/m1/s1. The Balaban J connectivity index is 1.75. The number of anilines is 1. The molecule has 0 radical (unpaired) electrons. The maximum absolute atomic E-state index is 12.4. The summed E-state index contributed by atoms with van der Waals surface area (Å²) in [6.45, 7) is 8.77. The van der Waals surface area contributed by atoms with Gasteiger partial charge in [0.15, 0.2) is 0 Å². The van der Waals surface area contributed by atoms with Gasteiger partial charge in [-0.05, 0) is 63.8 Å². The fourth-order valence-electron chi connectivity index (χ4n) is 3.31. The fourth-order valence-corrected chi connectivity index (χ4v) is 3.31. The van der Waals surface area contributed by atoms with Crippen LogP contribution in [-0.2, 0) is 4.74 Å². The highest BCUT2D eigenvalue weighted by Gasteiger charge is 2.24. The molecule has 1 fully saturated rings. The molecule has 1 aliphatic heterocycles. The van der Waals surface area contributed by atoms with E-state index in [1.165, 1.54) is 0 Å². The Labute approximate surface area is 148 Å². The Morgan fingerprint density at radius 1 is 1.24 bits per heavy atom. The lowest BCUT2D eigenvalue weighted by Crippen LogP contribution is -2.43. The van der Waals surface area contributed by atoms with Gasteiger partial charge >= 0.3 is 6.03 Å². The van der Waals surface area contributed by atoms with Crippen molar-refractivity contribution in [2.45, 2.75) is 52.7 Å². The predicted octanol–water partition coefficient (Wildman–Crippen LogP) is 3.49. The van der Waals surface area contributed by atoms with Crippen molar-refractivity contribution in [2.24, 2.45) is 0 Å². The SMILES string of the molecule is Cc1cc(C)cc(-n2nc(C)cc2NC(=O)N[C@H](C)[C@@H]2CCCO2)c1. The molecule has 2 heterocycles. The Kier molecular flexibility index (Phi) is 5.08. The molecule has 2 aromatic rings. The lowest BCUT2D eigenvalue weighted by atomic mass is 10.1. The molecule has 1 aromatic heterocycles. The molecule has 2 atom stereocenters. The second-order valence-corrected chi connectivity index (χ2v) is 6.87. The summed E-state index contributed by atoms with van der Waals surface area (Å²) in [6, 6.07) is 7.82. The lowest BCUT2D eigenvalue weighted by molar-refractivity contribution is 0.0868. The summed E-state index contributed by atoms with van der Waals surface area (Å²) in [5.74, 6) is 0.652. The van der Waals surface area contributed by atoms with Crippen molar-refractivity contribution in [1.29, 1.82) is 0 Å². The molecule has 25 heavy (non-hydrogen) atoms. The van der Waals surface area contributed by atoms with E-state index in [9.17, 15) is 4.79 Å². The molecule has 6 heteroatoms. The van der Waals surface area contributed by atoms with E-state index in [0.717, 1.165) is 42.0 Å². The van der Waals surface area contributed by atoms with E-state index in [4.69, 9.17) is 4.74 Å². The maximum Gasteiger partial charge on any atom is 0.320 e. The summed E-state index contributed by atoms with van der Waals surface area (Å²) in [5, 5.41) is 10.4. The monoisotopic (exact) mass is 342 g/mol. The minimum absolute atomic E-state index is 0.0267. The number of ether oxygens (including phenoxy) is 1. The smallest absolute Gasteiger partial charge is 0.320 e. The van der Waals surface area contributed by atoms with Crippen LogP contribution in [0.25, 0.3) is 5.69 Å². The zero-order chi connectivity index (χ0) is 18.0. The van der Waals surface area contributed by atoms with Gasteiger partial charge < -0.3 is 10.1 Å². The Bertz CT molecular complexity index is 743. The number of carbonyl (C=O) groups excluding carboxylic acids is 1. The van der Waals surface area contributed by atoms with E-state index >= 15 is 0 Å². The third-order valence-electron chi connectivity index (χ3n) is 4.41. The topological polar surface area (TPSA) is 68.2 Å². The van der Waals surface area contributed by atoms with Crippen molar-refractivity contribution in [3.8, 4) is 5.69 Å². The Morgan fingerprint density at radius 2 is 1.96 bits per heavy atom. The average Bonchev–Trinajstić information content (AvgIpc) is 3.16. The summed E-state index contributed by atoms with van der Waals surface area (Å²) in [4.78, 5) is 12.4. The van der Waals surface area contributed by atoms with Crippen LogP contribution >= 0.6 is 0 Å². The van der Waals surface area contributed by atoms with Gasteiger partial charge in [-0.15, -0.1) is 0 Å². The highest BCUT2D eigenvalue weighted by atomic mass is 16.5. The van der Waals surface area contributed by atoms with Crippen LogP contribution in [0.3, 0.4) is 0 Å². The van der Waals surface area contributed by atoms with Crippen LogP contribution in [0.1, 0.15) is 36.6 Å². The molecule has 1 aliphatic rings. The summed E-state index contributed by atoms with van der Waals surface area (Å²) in [7, 11) is 0. The molecule has 6 nitrogen and oxygen atoms in total. The maximum atomic E-state index is 12.4. The number of amides is 2. The minimum Gasteiger partial charge on any atom is -0.376 e. The van der Waals surface area contributed by atoms with Gasteiger partial charge in [-0.1, -0.05) is 6.07 Å². The fraction of sp³-hybridized carbons (Fsp3) is 0.474. The van der Waals surface area contributed by atoms with Gasteiger partial charge in [-0.3, -0.25) is 5.32 Å². The molecule has 134 valence electrons. The number of nitrogens with zero attached hydrogens (tertiary/aromatic N) is 2. The summed E-state index contributed by atoms with van der Waals surface area (Å²) < 4.78 is 7.40. The second-order valence-electron chi connectivity index (χ2n) is 6.87. The van der Waals surface area contributed by atoms with Crippen molar-refractivity contribution in [3.63, 3.8) is 0 Å². The van der Waals surface area contributed by atoms with Gasteiger partial charge in [0.05, 0.1) is 23.5 Å². The largest absolute Gasteiger partial charge is 0.376 e. The van der Waals surface area contributed by atoms with Crippen LogP contribution < -0.4 is 10.6 Å². The summed E-state index contributed by atoms with van der Waals surface area (Å²) in [5.41, 5.74) is 4.10. The number of rotatable bonds is 4. The molecule has 0 unspecified atom stereocenters. The van der Waals surface area contributed by atoms with E-state index in [-0.39, 0.29) is 18.2 Å². The first kappa shape index (κ1) is 17.5. The molecular weight excluding hydrogens is 316 g/mol. The summed E-state index contributed by atoms with van der Waals surface area (Å²) >= 11 is 0. The normalized spacial score (nSPS) is 18.2. The van der Waals surface area contributed by atoms with Crippen LogP contribution in [0.15, 0.2) is 24.3 Å². The van der Waals surface area contributed by atoms with Crippen LogP contribution in [0.2, 0.25) is 0 Å². The van der Waals surface area contributed by atoms with Gasteiger partial charge in [0, 0.05) is 12.7 Å². The van der Waals surface area contributed by atoms with E-state index in [0.29, 0.717) is 5.82 Å². The zero-order valence-corrected chi connectivity index (χ0v) is 15.3. The third kappa shape index (κ3) is 4.20. The predicted molar refractivity (Wildman–Crippen MR) is 98.4 cm³/mol. The molecule has 1 aromatic carbocycles. The highest BCUT2D eigenvalue weighted by molar-refractivity contribution is 5.89. The molecule has 2 amide bonds. The van der Waals surface area contributed by atoms with Gasteiger partial charge in [-0.2, -0.15) is 5.10 Å². The van der Waals surface area contributed by atoms with Crippen LogP contribution in [-0.4, -0.2) is 34.6 Å². The zero-order valence-electron chi connectivity index (χ0n) is 15.3. The minimum atomic E-state index is -0.242. The van der Waals surface area contributed by atoms with Crippen molar-refractivity contribution in [2.75, 3.05) is 11.9 Å². The number of urea groups is 1. The molecular formula is C19H26N4O2. The average molecular weight is 342 g/mol. The quantitative estimate of drug-likeness (QED) is 0.894. The van der Waals surface area contributed by atoms with E-state index in [1.807, 2.05) is 19.9 Å². The number of aryl methyl sites for hydroxylation is 3. The Hall–Kier alpha value is -2.34. The molecule has 1 saturated heterocycles. The number of benzene rings is 1. The third-order valence-corrected chi connectivity index (χ3v) is 4.41. The van der Waals surface area contributed by atoms with Crippen LogP contribution in [0.5, 0.6) is 0 Å². The van der Waals surface area contributed by atoms with Gasteiger partial charge in [0.1, 0.15) is 5.82 Å². The van der Waals surface area contributed by atoms with Crippen LogP contribution in [0.4, 0.5) is 10.6 Å². The molecule has 0 bridgehead atoms. The number of aromatic nitrogens is 2. The van der Waals surface area contributed by atoms with Gasteiger partial charge in [0.25, 0.3) is 0 Å². The first-order valence-electron chi connectivity index (χ1n) is 8.77. The van der Waals surface area contributed by atoms with E-state index in [1.54, 1.807) is 4.68 Å². The van der Waals surface area contributed by atoms with Crippen molar-refractivity contribution in [3.05, 3.63) is 41.1 Å². The van der Waals surface area contributed by atoms with Crippen molar-refractivity contribution >= 4 is 11.8 Å². The number of carbonyl (C=O) groups is 1. The second kappa shape index (κ2) is 7.27. The van der Waals surface area contributed by atoms with Crippen LogP contribution in [0, 0.1) is 20.8 Å². The number of hydrogen-bond donors (Lipinski definition) is 2. The first-order chi connectivity index (χ1) is 11.9. The lowest BCUT2D eigenvalue weighted by Gasteiger charge is -2.20. The molecule has 2 N–H and O–H groups in total. The molecule has 0 spiro atoms. The summed E-state index contributed by atoms with van der Waals surface area (Å²) in [6.07, 6.45) is 2.13. The van der Waals surface area contributed by atoms with Gasteiger partial charge in [-0.25, -0.2) is 9.48 Å². The van der Waals surface area contributed by atoms with Gasteiger partial charge in [0.2, 0.25) is 0 Å². The molecule has 0 aliphatic carbocycles. The molecule has 3 rings (SSSR count). The number of hydrogen-bond acceptors (Lipinski definition) is 3. The Morgan fingerprint density at radius 3 is 2.60 bits per heavy atom. The van der Waals surface area contributed by atoms with Crippen molar-refractivity contribution in [1.82, 2.24) is 15.1 Å². The number of nitrogens with one attached hydrogen (secondary N) is 2. The highest BCUT2D eigenvalue weighted by Crippen LogP contribution is 2.20. The van der Waals surface area contributed by atoms with E-state index < -0.39 is 0 Å². The van der Waals surface area contributed by atoms with E-state index in [2.05, 4.69) is 47.8 Å². The molecule has 0 saturated carbocycles.